The maximum absolute atomic E-state index is 11.5. The normalized spacial score (nSPS) is 20.3. The van der Waals surface area contributed by atoms with Crippen LogP contribution in [0.5, 0.6) is 0 Å². The summed E-state index contributed by atoms with van der Waals surface area (Å²) in [6.45, 7) is 3.74. The molecule has 3 nitrogen and oxygen atoms in total. The zero-order valence-corrected chi connectivity index (χ0v) is 12.9. The van der Waals surface area contributed by atoms with Crippen molar-refractivity contribution in [3.63, 3.8) is 0 Å². The van der Waals surface area contributed by atoms with E-state index >= 15 is 0 Å². The third-order valence-electron chi connectivity index (χ3n) is 3.75. The van der Waals surface area contributed by atoms with Crippen molar-refractivity contribution in [1.82, 2.24) is 4.98 Å². The smallest absolute Gasteiger partial charge is 0.338 e. The number of carboxylic acids is 1. The fourth-order valence-electron chi connectivity index (χ4n) is 2.64. The van der Waals surface area contributed by atoms with Crippen molar-refractivity contribution < 1.29 is 9.90 Å². The van der Waals surface area contributed by atoms with Gasteiger partial charge in [0.2, 0.25) is 0 Å². The molecular weight excluding hydrogens is 282 g/mol. The molecule has 2 atom stereocenters. The van der Waals surface area contributed by atoms with E-state index in [1.54, 1.807) is 11.8 Å². The fourth-order valence-corrected chi connectivity index (χ4v) is 4.12. The molecule has 1 fully saturated rings. The molecular formula is C17H17NO2S. The molecule has 1 N–H and O–H groups in total. The van der Waals surface area contributed by atoms with E-state index in [9.17, 15) is 9.90 Å². The number of pyridine rings is 1. The van der Waals surface area contributed by atoms with Crippen LogP contribution in [-0.2, 0) is 0 Å². The maximum atomic E-state index is 11.5. The van der Waals surface area contributed by atoms with Crippen molar-refractivity contribution in [3.05, 3.63) is 58.8 Å². The van der Waals surface area contributed by atoms with Crippen molar-refractivity contribution in [2.75, 3.05) is 0 Å². The lowest BCUT2D eigenvalue weighted by Gasteiger charge is -2.09. The molecule has 4 heteroatoms. The molecule has 1 aromatic heterocycles. The summed E-state index contributed by atoms with van der Waals surface area (Å²) in [5, 5.41) is 10.5. The average molecular weight is 299 g/mol. The van der Waals surface area contributed by atoms with Gasteiger partial charge in [-0.05, 0) is 43.4 Å². The summed E-state index contributed by atoms with van der Waals surface area (Å²) in [5.41, 5.74) is 3.34. The second-order valence-corrected chi connectivity index (χ2v) is 6.70. The van der Waals surface area contributed by atoms with Crippen LogP contribution in [0.1, 0.15) is 39.5 Å². The first-order valence-corrected chi connectivity index (χ1v) is 7.87. The first-order valence-electron chi connectivity index (χ1n) is 6.99. The Morgan fingerprint density at radius 3 is 2.67 bits per heavy atom. The van der Waals surface area contributed by atoms with Gasteiger partial charge in [-0.3, -0.25) is 0 Å². The van der Waals surface area contributed by atoms with E-state index in [0.717, 1.165) is 17.7 Å². The summed E-state index contributed by atoms with van der Waals surface area (Å²) < 4.78 is 0. The highest BCUT2D eigenvalue weighted by Crippen LogP contribution is 2.51. The van der Waals surface area contributed by atoms with Gasteiger partial charge in [0.1, 0.15) is 5.03 Å². The first-order chi connectivity index (χ1) is 10.1. The third kappa shape index (κ3) is 2.95. The second-order valence-electron chi connectivity index (χ2n) is 5.48. The number of hydrogen-bond donors (Lipinski definition) is 1. The SMILES string of the molecule is Cc1cc(C)c(C(=O)O)c(SC2CC2c2ccccc2)n1. The zero-order chi connectivity index (χ0) is 15.0. The van der Waals surface area contributed by atoms with Gasteiger partial charge in [-0.25, -0.2) is 9.78 Å². The van der Waals surface area contributed by atoms with E-state index in [2.05, 4.69) is 17.1 Å². The monoisotopic (exact) mass is 299 g/mol. The van der Waals surface area contributed by atoms with Gasteiger partial charge in [0.05, 0.1) is 5.56 Å². The van der Waals surface area contributed by atoms with Gasteiger partial charge < -0.3 is 5.11 Å². The van der Waals surface area contributed by atoms with Gasteiger partial charge >= 0.3 is 5.97 Å². The summed E-state index contributed by atoms with van der Waals surface area (Å²) in [6.07, 6.45) is 1.09. The van der Waals surface area contributed by atoms with Crippen LogP contribution in [0.2, 0.25) is 0 Å². The van der Waals surface area contributed by atoms with E-state index in [0.29, 0.717) is 21.8 Å². The molecule has 1 saturated carbocycles. The Bertz CT molecular complexity index is 685. The Morgan fingerprint density at radius 1 is 1.29 bits per heavy atom. The molecule has 1 aliphatic carbocycles. The minimum atomic E-state index is -0.889. The molecule has 0 saturated heterocycles. The number of thioether (sulfide) groups is 1. The number of carboxylic acid groups (broad SMARTS) is 1. The van der Waals surface area contributed by atoms with Gasteiger partial charge in [-0.2, -0.15) is 0 Å². The quantitative estimate of drug-likeness (QED) is 0.925. The number of nitrogens with zero attached hydrogens (tertiary/aromatic N) is 1. The Kier molecular flexibility index (Phi) is 3.72. The summed E-state index contributed by atoms with van der Waals surface area (Å²) in [4.78, 5) is 15.9. The standard InChI is InChI=1S/C17H17NO2S/c1-10-8-11(2)18-16(15(10)17(19)20)21-14-9-13(14)12-6-4-3-5-7-12/h3-8,13-14H,9H2,1-2H3,(H,19,20). The van der Waals surface area contributed by atoms with Crippen molar-refractivity contribution in [3.8, 4) is 0 Å². The number of aromatic carboxylic acids is 1. The zero-order valence-electron chi connectivity index (χ0n) is 12.0. The lowest BCUT2D eigenvalue weighted by molar-refractivity contribution is 0.0691. The molecule has 0 amide bonds. The van der Waals surface area contributed by atoms with E-state index in [1.165, 1.54) is 5.56 Å². The molecule has 0 aliphatic heterocycles. The largest absolute Gasteiger partial charge is 0.478 e. The van der Waals surface area contributed by atoms with Crippen molar-refractivity contribution in [2.24, 2.45) is 0 Å². The third-order valence-corrected chi connectivity index (χ3v) is 5.09. The lowest BCUT2D eigenvalue weighted by Crippen LogP contribution is -2.06. The predicted octanol–water partition coefficient (Wildman–Crippen LogP) is 4.04. The predicted molar refractivity (Wildman–Crippen MR) is 84.1 cm³/mol. The number of hydrogen-bond acceptors (Lipinski definition) is 3. The summed E-state index contributed by atoms with van der Waals surface area (Å²) in [6, 6.07) is 12.2. The van der Waals surface area contributed by atoms with E-state index < -0.39 is 5.97 Å². The Labute approximate surface area is 128 Å². The van der Waals surface area contributed by atoms with Crippen LogP contribution >= 0.6 is 11.8 Å². The highest BCUT2D eigenvalue weighted by atomic mass is 32.2. The van der Waals surface area contributed by atoms with Gasteiger partial charge in [0, 0.05) is 10.9 Å². The van der Waals surface area contributed by atoms with Crippen LogP contribution in [0.4, 0.5) is 0 Å². The minimum Gasteiger partial charge on any atom is -0.478 e. The highest BCUT2D eigenvalue weighted by Gasteiger charge is 2.40. The molecule has 2 unspecified atom stereocenters. The topological polar surface area (TPSA) is 50.2 Å². The number of rotatable bonds is 4. The van der Waals surface area contributed by atoms with Gasteiger partial charge in [-0.1, -0.05) is 30.3 Å². The highest BCUT2D eigenvalue weighted by molar-refractivity contribution is 8.00. The number of carbonyl (C=O) groups is 1. The number of benzene rings is 1. The maximum Gasteiger partial charge on any atom is 0.338 e. The van der Waals surface area contributed by atoms with E-state index in [4.69, 9.17) is 0 Å². The summed E-state index contributed by atoms with van der Waals surface area (Å²) in [7, 11) is 0. The van der Waals surface area contributed by atoms with Crippen molar-refractivity contribution in [1.29, 1.82) is 0 Å². The molecule has 108 valence electrons. The Morgan fingerprint density at radius 2 is 2.00 bits per heavy atom. The van der Waals surface area contributed by atoms with Gasteiger partial charge in [0.15, 0.2) is 0 Å². The average Bonchev–Trinajstić information content (AvgIpc) is 3.17. The number of aryl methyl sites for hydroxylation is 2. The molecule has 21 heavy (non-hydrogen) atoms. The van der Waals surface area contributed by atoms with Crippen LogP contribution in [0.25, 0.3) is 0 Å². The minimum absolute atomic E-state index is 0.351. The molecule has 1 aliphatic rings. The van der Waals surface area contributed by atoms with Gasteiger partial charge in [-0.15, -0.1) is 11.8 Å². The molecule has 1 aromatic carbocycles. The second kappa shape index (κ2) is 5.53. The lowest BCUT2D eigenvalue weighted by atomic mass is 10.1. The van der Waals surface area contributed by atoms with Crippen LogP contribution in [0.3, 0.4) is 0 Å². The number of aromatic nitrogens is 1. The van der Waals surface area contributed by atoms with E-state index in [1.807, 2.05) is 38.1 Å². The Hall–Kier alpha value is -1.81. The van der Waals surface area contributed by atoms with Crippen LogP contribution in [-0.4, -0.2) is 21.3 Å². The van der Waals surface area contributed by atoms with Crippen molar-refractivity contribution >= 4 is 17.7 Å². The van der Waals surface area contributed by atoms with Crippen LogP contribution < -0.4 is 0 Å². The summed E-state index contributed by atoms with van der Waals surface area (Å²) in [5.74, 6) is -0.375. The van der Waals surface area contributed by atoms with Gasteiger partial charge in [0.25, 0.3) is 0 Å². The summed E-state index contributed by atoms with van der Waals surface area (Å²) >= 11 is 1.60. The molecule has 0 bridgehead atoms. The van der Waals surface area contributed by atoms with E-state index in [-0.39, 0.29) is 0 Å². The molecule has 2 aromatic rings. The first kappa shape index (κ1) is 14.1. The molecule has 0 radical (unpaired) electrons. The fraction of sp³-hybridized carbons (Fsp3) is 0.294. The van der Waals surface area contributed by atoms with Crippen LogP contribution in [0, 0.1) is 13.8 Å². The van der Waals surface area contributed by atoms with Crippen LogP contribution in [0.15, 0.2) is 41.4 Å². The molecule has 1 heterocycles. The molecule has 3 rings (SSSR count). The van der Waals surface area contributed by atoms with Crippen molar-refractivity contribution in [2.45, 2.75) is 36.5 Å². The Balaban J connectivity index is 1.82. The molecule has 0 spiro atoms.